The van der Waals surface area contributed by atoms with Crippen molar-refractivity contribution in [2.45, 2.75) is 43.8 Å². The molecule has 1 spiro atoms. The molecule has 1 fully saturated rings. The van der Waals surface area contributed by atoms with Gasteiger partial charge in [0.25, 0.3) is 5.91 Å². The lowest BCUT2D eigenvalue weighted by Gasteiger charge is -2.42. The van der Waals surface area contributed by atoms with Crippen molar-refractivity contribution in [3.63, 3.8) is 0 Å². The number of carbonyl (C=O) groups excluding carboxylic acids is 2. The molecule has 0 radical (unpaired) electrons. The summed E-state index contributed by atoms with van der Waals surface area (Å²) in [4.78, 5) is 24.3. The Labute approximate surface area is 162 Å². The summed E-state index contributed by atoms with van der Waals surface area (Å²) in [6.45, 7) is -1.46. The molecule has 3 N–H and O–H groups in total. The van der Waals surface area contributed by atoms with Gasteiger partial charge in [0.1, 0.15) is 12.1 Å². The number of fused-ring (bicyclic) bond motifs is 4. The Morgan fingerprint density at radius 1 is 1.25 bits per heavy atom. The number of carbonyl (C=O) groups is 2. The van der Waals surface area contributed by atoms with Crippen LogP contribution in [0.25, 0.3) is 11.0 Å². The minimum atomic E-state index is -4.52. The predicted molar refractivity (Wildman–Crippen MR) is 96.5 cm³/mol. The quantitative estimate of drug-likeness (QED) is 0.666. The van der Waals surface area contributed by atoms with E-state index in [9.17, 15) is 22.8 Å². The third-order valence-electron chi connectivity index (χ3n) is 5.21. The summed E-state index contributed by atoms with van der Waals surface area (Å²) in [5, 5.41) is 8.23. The summed E-state index contributed by atoms with van der Waals surface area (Å²) < 4.78 is 42.8. The molecule has 0 atom stereocenters. The first-order valence-corrected chi connectivity index (χ1v) is 9.27. The number of amides is 3. The van der Waals surface area contributed by atoms with Crippen LogP contribution in [-0.4, -0.2) is 24.7 Å². The van der Waals surface area contributed by atoms with Crippen LogP contribution in [-0.2, 0) is 5.54 Å². The largest absolute Gasteiger partial charge is 0.450 e. The number of alkyl halides is 3. The second-order valence-electron chi connectivity index (χ2n) is 7.16. The van der Waals surface area contributed by atoms with Crippen LogP contribution in [0.2, 0.25) is 5.02 Å². The van der Waals surface area contributed by atoms with E-state index in [4.69, 9.17) is 16.0 Å². The lowest BCUT2D eigenvalue weighted by molar-refractivity contribution is -0.123. The number of nitrogens with one attached hydrogen (secondary N) is 3. The second kappa shape index (κ2) is 6.58. The van der Waals surface area contributed by atoms with Crippen molar-refractivity contribution in [3.8, 4) is 0 Å². The molecule has 4 rings (SSSR count). The molecule has 6 nitrogen and oxygen atoms in total. The summed E-state index contributed by atoms with van der Waals surface area (Å²) in [5.41, 5.74) is 0.711. The first kappa shape index (κ1) is 18.9. The fourth-order valence-corrected chi connectivity index (χ4v) is 4.32. The Hall–Kier alpha value is -2.42. The van der Waals surface area contributed by atoms with Crippen molar-refractivity contribution in [3.05, 3.63) is 28.5 Å². The molecule has 1 aliphatic heterocycles. The van der Waals surface area contributed by atoms with Gasteiger partial charge in [0.2, 0.25) is 0 Å². The third-order valence-corrected chi connectivity index (χ3v) is 5.51. The molecule has 28 heavy (non-hydrogen) atoms. The molecule has 2 aromatic rings. The zero-order valence-corrected chi connectivity index (χ0v) is 15.4. The van der Waals surface area contributed by atoms with Gasteiger partial charge in [-0.05, 0) is 25.0 Å². The van der Waals surface area contributed by atoms with Crippen LogP contribution in [0.1, 0.15) is 48.2 Å². The molecule has 0 bridgehead atoms. The number of anilines is 1. The monoisotopic (exact) mass is 415 g/mol. The van der Waals surface area contributed by atoms with Crippen LogP contribution in [0, 0.1) is 0 Å². The van der Waals surface area contributed by atoms with E-state index >= 15 is 0 Å². The van der Waals surface area contributed by atoms with Gasteiger partial charge in [-0.15, -0.1) is 0 Å². The van der Waals surface area contributed by atoms with E-state index in [-0.39, 0.29) is 16.8 Å². The van der Waals surface area contributed by atoms with Gasteiger partial charge in [0, 0.05) is 10.9 Å². The molecule has 10 heteroatoms. The molecular formula is C18H17ClF3N3O3. The van der Waals surface area contributed by atoms with Crippen LogP contribution in [0.4, 0.5) is 23.7 Å². The van der Waals surface area contributed by atoms with Gasteiger partial charge in [0.15, 0.2) is 5.76 Å². The summed E-state index contributed by atoms with van der Waals surface area (Å²) in [6.07, 6.45) is -0.336. The molecule has 1 aliphatic carbocycles. The maximum absolute atomic E-state index is 12.4. The summed E-state index contributed by atoms with van der Waals surface area (Å²) in [6, 6.07) is 2.52. The van der Waals surface area contributed by atoms with E-state index in [0.29, 0.717) is 35.1 Å². The zero-order chi connectivity index (χ0) is 20.1. The normalized spacial score (nSPS) is 18.5. The number of halogens is 4. The van der Waals surface area contributed by atoms with E-state index in [1.807, 2.05) is 0 Å². The summed E-state index contributed by atoms with van der Waals surface area (Å²) >= 11 is 6.37. The molecule has 1 aromatic heterocycles. The molecular weight excluding hydrogens is 399 g/mol. The Bertz CT molecular complexity index is 964. The first-order valence-electron chi connectivity index (χ1n) is 8.89. The van der Waals surface area contributed by atoms with Gasteiger partial charge in [0.05, 0.1) is 16.2 Å². The van der Waals surface area contributed by atoms with E-state index in [1.165, 1.54) is 12.1 Å². The van der Waals surface area contributed by atoms with Gasteiger partial charge >= 0.3 is 12.2 Å². The molecule has 2 aliphatic rings. The zero-order valence-electron chi connectivity index (χ0n) is 14.6. The van der Waals surface area contributed by atoms with Crippen molar-refractivity contribution in [2.24, 2.45) is 0 Å². The van der Waals surface area contributed by atoms with E-state index in [1.54, 1.807) is 5.32 Å². The summed E-state index contributed by atoms with van der Waals surface area (Å²) in [7, 11) is 0. The number of rotatable bonds is 2. The molecule has 2 heterocycles. The molecule has 3 amide bonds. The number of hydrogen-bond acceptors (Lipinski definition) is 3. The molecule has 1 saturated carbocycles. The van der Waals surface area contributed by atoms with Crippen molar-refractivity contribution >= 4 is 40.2 Å². The SMILES string of the molecule is O=C1Nc2c(Cl)cc3cc(C(=O)NCC(F)(F)F)oc3c2C2(CCCCC2)N1. The Balaban J connectivity index is 1.81. The van der Waals surface area contributed by atoms with Gasteiger partial charge in [-0.2, -0.15) is 13.2 Å². The van der Waals surface area contributed by atoms with E-state index in [0.717, 1.165) is 19.3 Å². The fraction of sp³-hybridized carbons (Fsp3) is 0.444. The van der Waals surface area contributed by atoms with Crippen LogP contribution < -0.4 is 16.0 Å². The first-order chi connectivity index (χ1) is 13.2. The number of hydrogen-bond donors (Lipinski definition) is 3. The third kappa shape index (κ3) is 3.28. The van der Waals surface area contributed by atoms with E-state index in [2.05, 4.69) is 10.6 Å². The van der Waals surface area contributed by atoms with Crippen molar-refractivity contribution in [2.75, 3.05) is 11.9 Å². The van der Waals surface area contributed by atoms with Crippen LogP contribution in [0.3, 0.4) is 0 Å². The highest BCUT2D eigenvalue weighted by molar-refractivity contribution is 6.35. The lowest BCUT2D eigenvalue weighted by Crippen LogP contribution is -2.52. The Kier molecular flexibility index (Phi) is 4.45. The summed E-state index contributed by atoms with van der Waals surface area (Å²) in [5.74, 6) is -1.21. The fourth-order valence-electron chi connectivity index (χ4n) is 4.06. The lowest BCUT2D eigenvalue weighted by atomic mass is 9.74. The molecule has 0 saturated heterocycles. The highest BCUT2D eigenvalue weighted by Crippen LogP contribution is 2.48. The van der Waals surface area contributed by atoms with Crippen molar-refractivity contribution in [1.82, 2.24) is 10.6 Å². The molecule has 1 aromatic carbocycles. The number of benzene rings is 1. The minimum absolute atomic E-state index is 0.244. The smallest absolute Gasteiger partial charge is 0.405 e. The van der Waals surface area contributed by atoms with Crippen LogP contribution >= 0.6 is 11.6 Å². The average molecular weight is 416 g/mol. The standard InChI is InChI=1S/C18H17ClF3N3O3/c19-10-6-9-7-11(15(26)23-8-18(20,21)22)28-14(9)12-13(10)24-16(27)25-17(12)4-2-1-3-5-17/h6-7H,1-5,8H2,(H,23,26)(H2,24,25,27). The maximum atomic E-state index is 12.4. The number of furan rings is 1. The predicted octanol–water partition coefficient (Wildman–Crippen LogP) is 4.67. The molecule has 150 valence electrons. The Morgan fingerprint density at radius 3 is 2.64 bits per heavy atom. The van der Waals surface area contributed by atoms with Gasteiger partial charge in [-0.3, -0.25) is 4.79 Å². The van der Waals surface area contributed by atoms with Crippen molar-refractivity contribution < 1.29 is 27.2 Å². The molecule has 0 unspecified atom stereocenters. The van der Waals surface area contributed by atoms with Crippen LogP contribution in [0.5, 0.6) is 0 Å². The minimum Gasteiger partial charge on any atom is -0.450 e. The average Bonchev–Trinajstić information content (AvgIpc) is 3.03. The van der Waals surface area contributed by atoms with Crippen molar-refractivity contribution in [1.29, 1.82) is 0 Å². The van der Waals surface area contributed by atoms with Gasteiger partial charge in [-0.1, -0.05) is 30.9 Å². The topological polar surface area (TPSA) is 83.4 Å². The highest BCUT2D eigenvalue weighted by atomic mass is 35.5. The highest BCUT2D eigenvalue weighted by Gasteiger charge is 2.44. The number of urea groups is 1. The van der Waals surface area contributed by atoms with Gasteiger partial charge < -0.3 is 20.4 Å². The van der Waals surface area contributed by atoms with E-state index < -0.39 is 24.2 Å². The second-order valence-corrected chi connectivity index (χ2v) is 7.56. The Morgan fingerprint density at radius 2 is 1.96 bits per heavy atom. The van der Waals surface area contributed by atoms with Gasteiger partial charge in [-0.25, -0.2) is 4.79 Å². The maximum Gasteiger partial charge on any atom is 0.405 e. The van der Waals surface area contributed by atoms with Crippen LogP contribution in [0.15, 0.2) is 16.5 Å².